The van der Waals surface area contributed by atoms with E-state index in [4.69, 9.17) is 16.7 Å². The molecule has 84 valence electrons. The standard InChI is InChI=1S/C10H14ClNO2S/c1-10(2,7-15(12,13)14)8-3-5-9(11)6-4-8/h3-6H,7H2,1-2H3,(H2,12,13,14). The molecule has 0 bridgehead atoms. The Bertz CT molecular complexity index is 437. The van der Waals surface area contributed by atoms with Gasteiger partial charge in [0.2, 0.25) is 10.0 Å². The molecule has 2 N–H and O–H groups in total. The Kier molecular flexibility index (Phi) is 3.43. The summed E-state index contributed by atoms with van der Waals surface area (Å²) in [6.45, 7) is 3.67. The van der Waals surface area contributed by atoms with Gasteiger partial charge in [-0.15, -0.1) is 0 Å². The molecule has 0 spiro atoms. The Balaban J connectivity index is 3.00. The molecule has 1 aromatic carbocycles. The van der Waals surface area contributed by atoms with Gasteiger partial charge in [0.15, 0.2) is 0 Å². The molecule has 5 heteroatoms. The molecule has 0 fully saturated rings. The van der Waals surface area contributed by atoms with E-state index >= 15 is 0 Å². The molecule has 0 aliphatic heterocycles. The summed E-state index contributed by atoms with van der Waals surface area (Å²) in [4.78, 5) is 0. The maximum absolute atomic E-state index is 11.0. The first kappa shape index (κ1) is 12.5. The van der Waals surface area contributed by atoms with Crippen LogP contribution in [0.5, 0.6) is 0 Å². The summed E-state index contributed by atoms with van der Waals surface area (Å²) in [6, 6.07) is 7.10. The van der Waals surface area contributed by atoms with Crippen LogP contribution in [-0.2, 0) is 15.4 Å². The Morgan fingerprint density at radius 2 is 1.73 bits per heavy atom. The molecular weight excluding hydrogens is 234 g/mol. The lowest BCUT2D eigenvalue weighted by Crippen LogP contribution is -2.32. The van der Waals surface area contributed by atoms with Gasteiger partial charge in [-0.2, -0.15) is 0 Å². The second-order valence-electron chi connectivity index (χ2n) is 4.20. The van der Waals surface area contributed by atoms with Gasteiger partial charge < -0.3 is 0 Å². The van der Waals surface area contributed by atoms with Crippen molar-refractivity contribution in [2.75, 3.05) is 5.75 Å². The summed E-state index contributed by atoms with van der Waals surface area (Å²) in [7, 11) is -3.47. The third kappa shape index (κ3) is 3.81. The normalized spacial score (nSPS) is 12.8. The van der Waals surface area contributed by atoms with Gasteiger partial charge in [0, 0.05) is 10.4 Å². The molecular formula is C10H14ClNO2S. The van der Waals surface area contributed by atoms with E-state index in [0.29, 0.717) is 5.02 Å². The lowest BCUT2D eigenvalue weighted by Gasteiger charge is -2.23. The van der Waals surface area contributed by atoms with Crippen LogP contribution in [-0.4, -0.2) is 14.2 Å². The molecule has 0 radical (unpaired) electrons. The Labute approximate surface area is 95.3 Å². The van der Waals surface area contributed by atoms with Gasteiger partial charge in [0.25, 0.3) is 0 Å². The third-order valence-electron chi connectivity index (χ3n) is 2.19. The predicted molar refractivity (Wildman–Crippen MR) is 62.5 cm³/mol. The van der Waals surface area contributed by atoms with Crippen molar-refractivity contribution in [3.63, 3.8) is 0 Å². The zero-order chi connectivity index (χ0) is 11.7. The molecule has 3 nitrogen and oxygen atoms in total. The average molecular weight is 248 g/mol. The van der Waals surface area contributed by atoms with E-state index in [1.165, 1.54) is 0 Å². The summed E-state index contributed by atoms with van der Waals surface area (Å²) < 4.78 is 22.1. The Morgan fingerprint density at radius 1 is 1.27 bits per heavy atom. The molecule has 0 unspecified atom stereocenters. The second-order valence-corrected chi connectivity index (χ2v) is 6.25. The molecule has 1 aromatic rings. The number of hydrogen-bond acceptors (Lipinski definition) is 2. The van der Waals surface area contributed by atoms with Crippen molar-refractivity contribution in [2.24, 2.45) is 5.14 Å². The fourth-order valence-electron chi connectivity index (χ4n) is 1.49. The molecule has 0 saturated carbocycles. The molecule has 0 aliphatic carbocycles. The van der Waals surface area contributed by atoms with Crippen LogP contribution >= 0.6 is 11.6 Å². The number of nitrogens with two attached hydrogens (primary N) is 1. The number of benzene rings is 1. The first-order valence-electron chi connectivity index (χ1n) is 4.47. The van der Waals surface area contributed by atoms with Gasteiger partial charge >= 0.3 is 0 Å². The van der Waals surface area contributed by atoms with Crippen LogP contribution in [0.25, 0.3) is 0 Å². The highest BCUT2D eigenvalue weighted by atomic mass is 35.5. The van der Waals surface area contributed by atoms with Crippen molar-refractivity contribution in [3.8, 4) is 0 Å². The van der Waals surface area contributed by atoms with Crippen LogP contribution in [0.4, 0.5) is 0 Å². The first-order chi connectivity index (χ1) is 6.71. The van der Waals surface area contributed by atoms with E-state index in [-0.39, 0.29) is 5.75 Å². The van der Waals surface area contributed by atoms with Crippen molar-refractivity contribution >= 4 is 21.6 Å². The summed E-state index contributed by atoms with van der Waals surface area (Å²) in [6.07, 6.45) is 0. The van der Waals surface area contributed by atoms with Crippen molar-refractivity contribution < 1.29 is 8.42 Å². The highest BCUT2D eigenvalue weighted by Crippen LogP contribution is 2.25. The van der Waals surface area contributed by atoms with E-state index in [2.05, 4.69) is 0 Å². The number of primary sulfonamides is 1. The smallest absolute Gasteiger partial charge is 0.209 e. The summed E-state index contributed by atoms with van der Waals surface area (Å²) >= 11 is 5.75. The predicted octanol–water partition coefficient (Wildman–Crippen LogP) is 1.91. The SMILES string of the molecule is CC(C)(CS(N)(=O)=O)c1ccc(Cl)cc1. The van der Waals surface area contributed by atoms with Crippen molar-refractivity contribution in [2.45, 2.75) is 19.3 Å². The maximum atomic E-state index is 11.0. The van der Waals surface area contributed by atoms with E-state index in [1.54, 1.807) is 12.1 Å². The molecule has 15 heavy (non-hydrogen) atoms. The summed E-state index contributed by atoms with van der Waals surface area (Å²) in [5, 5.41) is 5.66. The molecule has 0 saturated heterocycles. The Hall–Kier alpha value is -0.580. The fraction of sp³-hybridized carbons (Fsp3) is 0.400. The zero-order valence-corrected chi connectivity index (χ0v) is 10.3. The van der Waals surface area contributed by atoms with Crippen molar-refractivity contribution in [1.82, 2.24) is 0 Å². The van der Waals surface area contributed by atoms with E-state index in [9.17, 15) is 8.42 Å². The van der Waals surface area contributed by atoms with E-state index in [0.717, 1.165) is 5.56 Å². The fourth-order valence-corrected chi connectivity index (χ4v) is 2.79. The van der Waals surface area contributed by atoms with Crippen LogP contribution < -0.4 is 5.14 Å². The molecule has 0 atom stereocenters. The van der Waals surface area contributed by atoms with Gasteiger partial charge in [-0.1, -0.05) is 37.6 Å². The highest BCUT2D eigenvalue weighted by Gasteiger charge is 2.25. The molecule has 1 rings (SSSR count). The quantitative estimate of drug-likeness (QED) is 0.887. The molecule has 0 aliphatic rings. The monoisotopic (exact) mass is 247 g/mol. The Morgan fingerprint density at radius 3 is 2.13 bits per heavy atom. The van der Waals surface area contributed by atoms with Crippen molar-refractivity contribution in [3.05, 3.63) is 34.9 Å². The van der Waals surface area contributed by atoms with Gasteiger partial charge in [-0.3, -0.25) is 0 Å². The lowest BCUT2D eigenvalue weighted by atomic mass is 9.87. The molecule has 0 heterocycles. The maximum Gasteiger partial charge on any atom is 0.209 e. The summed E-state index contributed by atoms with van der Waals surface area (Å²) in [5.74, 6) is -0.0817. The number of rotatable bonds is 3. The van der Waals surface area contributed by atoms with Crippen LogP contribution in [0, 0.1) is 0 Å². The topological polar surface area (TPSA) is 60.2 Å². The van der Waals surface area contributed by atoms with Crippen molar-refractivity contribution in [1.29, 1.82) is 0 Å². The number of sulfonamides is 1. The largest absolute Gasteiger partial charge is 0.229 e. The molecule has 0 aromatic heterocycles. The minimum absolute atomic E-state index is 0.0817. The number of halogens is 1. The van der Waals surface area contributed by atoms with Crippen LogP contribution in [0.2, 0.25) is 5.02 Å². The van der Waals surface area contributed by atoms with E-state index in [1.807, 2.05) is 26.0 Å². The minimum Gasteiger partial charge on any atom is -0.229 e. The number of hydrogen-bond donors (Lipinski definition) is 1. The van der Waals surface area contributed by atoms with E-state index < -0.39 is 15.4 Å². The zero-order valence-electron chi connectivity index (χ0n) is 8.70. The average Bonchev–Trinajstić information content (AvgIpc) is 2.00. The lowest BCUT2D eigenvalue weighted by molar-refractivity contribution is 0.549. The van der Waals surface area contributed by atoms with Gasteiger partial charge in [-0.05, 0) is 17.7 Å². The minimum atomic E-state index is -3.47. The van der Waals surface area contributed by atoms with Gasteiger partial charge in [-0.25, -0.2) is 13.6 Å². The van der Waals surface area contributed by atoms with Gasteiger partial charge in [0.1, 0.15) is 0 Å². The van der Waals surface area contributed by atoms with Crippen LogP contribution in [0.1, 0.15) is 19.4 Å². The summed E-state index contributed by atoms with van der Waals surface area (Å²) in [5.41, 5.74) is 0.402. The molecule has 0 amide bonds. The van der Waals surface area contributed by atoms with Crippen LogP contribution in [0.3, 0.4) is 0 Å². The highest BCUT2D eigenvalue weighted by molar-refractivity contribution is 7.89. The first-order valence-corrected chi connectivity index (χ1v) is 6.56. The van der Waals surface area contributed by atoms with Crippen LogP contribution in [0.15, 0.2) is 24.3 Å². The second kappa shape index (κ2) is 4.12. The third-order valence-corrected chi connectivity index (χ3v) is 3.56. The van der Waals surface area contributed by atoms with Gasteiger partial charge in [0.05, 0.1) is 5.75 Å².